The first-order chi connectivity index (χ1) is 14.6. The van der Waals surface area contributed by atoms with Crippen molar-refractivity contribution in [3.05, 3.63) is 0 Å². The molecule has 3 aliphatic heterocycles. The Morgan fingerprint density at radius 3 is 0.833 bits per heavy atom. The zero-order chi connectivity index (χ0) is 21.4. The highest BCUT2D eigenvalue weighted by atomic mass is 15.2. The number of aliphatic imine (C=N–C) groups is 6. The van der Waals surface area contributed by atoms with Crippen molar-refractivity contribution >= 4 is 34.3 Å². The van der Waals surface area contributed by atoms with Crippen LogP contribution in [0.1, 0.15) is 0 Å². The van der Waals surface area contributed by atoms with Crippen LogP contribution in [-0.2, 0) is 0 Å². The molecule has 0 bridgehead atoms. The molecular formula is C19H7N11. The van der Waals surface area contributed by atoms with E-state index in [1.165, 1.54) is 0 Å². The Kier molecular flexibility index (Phi) is 4.22. The van der Waals surface area contributed by atoms with Crippen molar-refractivity contribution in [3.63, 3.8) is 0 Å². The number of nitrogens with zero attached hydrogens (tertiary/aromatic N) is 11. The predicted molar refractivity (Wildman–Crippen MR) is 104 cm³/mol. The largest absolute Gasteiger partial charge is 0.265 e. The summed E-state index contributed by atoms with van der Waals surface area (Å²) in [5.41, 5.74) is -0.629. The number of terminal acetylenes is 1. The second-order valence-electron chi connectivity index (χ2n) is 6.51. The molecule has 0 spiro atoms. The Hall–Kier alpha value is -4.97. The van der Waals surface area contributed by atoms with Crippen molar-refractivity contribution in [2.75, 3.05) is 0 Å². The van der Waals surface area contributed by atoms with Crippen LogP contribution >= 0.6 is 0 Å². The summed E-state index contributed by atoms with van der Waals surface area (Å²) < 4.78 is 0. The van der Waals surface area contributed by atoms with Crippen molar-refractivity contribution in [1.29, 1.82) is 26.3 Å². The lowest BCUT2D eigenvalue weighted by Gasteiger charge is -2.46. The molecule has 0 saturated heterocycles. The van der Waals surface area contributed by atoms with Gasteiger partial charge >= 0.3 is 0 Å². The summed E-state index contributed by atoms with van der Waals surface area (Å²) in [7, 11) is 0. The number of hydrogen-bond donors (Lipinski definition) is 0. The van der Waals surface area contributed by atoms with E-state index in [9.17, 15) is 26.3 Å². The Morgan fingerprint density at radius 2 is 0.633 bits per heavy atom. The van der Waals surface area contributed by atoms with Crippen LogP contribution in [-0.4, -0.2) is 70.5 Å². The molecular weight excluding hydrogens is 382 g/mol. The molecule has 11 heteroatoms. The average Bonchev–Trinajstić information content (AvgIpc) is 2.81. The average molecular weight is 389 g/mol. The first-order valence-electron chi connectivity index (χ1n) is 8.55. The molecule has 1 fully saturated rings. The molecule has 0 amide bonds. The SMILES string of the molecule is C#CC1=NC2C(N=C1C#N)C1N=C(C#N)C(C#N)=NC1C1N=C(C#N)C(C#N)=NC21. The fourth-order valence-corrected chi connectivity index (χ4v) is 3.90. The highest BCUT2D eigenvalue weighted by Crippen LogP contribution is 2.38. The Balaban J connectivity index is 1.94. The van der Waals surface area contributed by atoms with E-state index < -0.39 is 36.3 Å². The zero-order valence-corrected chi connectivity index (χ0v) is 15.0. The third-order valence-corrected chi connectivity index (χ3v) is 5.11. The van der Waals surface area contributed by atoms with Crippen LogP contribution in [0.2, 0.25) is 0 Å². The molecule has 0 aromatic carbocycles. The van der Waals surface area contributed by atoms with E-state index in [0.717, 1.165) is 0 Å². The van der Waals surface area contributed by atoms with E-state index in [4.69, 9.17) is 6.42 Å². The summed E-state index contributed by atoms with van der Waals surface area (Å²) in [6.07, 6.45) is 5.47. The smallest absolute Gasteiger partial charge is 0.172 e. The maximum atomic E-state index is 9.39. The molecule has 1 saturated carbocycles. The molecule has 1 aliphatic carbocycles. The normalized spacial score (nSPS) is 33.0. The lowest BCUT2D eigenvalue weighted by Crippen LogP contribution is -2.64. The predicted octanol–water partition coefficient (Wildman–Crippen LogP) is -0.851. The van der Waals surface area contributed by atoms with Crippen molar-refractivity contribution in [1.82, 2.24) is 0 Å². The van der Waals surface area contributed by atoms with Crippen LogP contribution in [0.4, 0.5) is 0 Å². The minimum Gasteiger partial charge on any atom is -0.265 e. The molecule has 6 atom stereocenters. The van der Waals surface area contributed by atoms with Gasteiger partial charge in [-0.25, -0.2) is 0 Å². The van der Waals surface area contributed by atoms with Gasteiger partial charge in [-0.1, -0.05) is 0 Å². The summed E-state index contributed by atoms with van der Waals surface area (Å²) in [5.74, 6) is 2.32. The maximum absolute atomic E-state index is 9.39. The van der Waals surface area contributed by atoms with Crippen LogP contribution in [0.5, 0.6) is 0 Å². The van der Waals surface area contributed by atoms with Crippen molar-refractivity contribution in [2.24, 2.45) is 30.0 Å². The van der Waals surface area contributed by atoms with Crippen LogP contribution in [0, 0.1) is 69.0 Å². The summed E-state index contributed by atoms with van der Waals surface area (Å²) in [5, 5.41) is 46.8. The maximum Gasteiger partial charge on any atom is 0.172 e. The van der Waals surface area contributed by atoms with Crippen molar-refractivity contribution < 1.29 is 0 Å². The lowest BCUT2D eigenvalue weighted by atomic mass is 9.74. The standard InChI is InChI=1S/C19H7N11/c1-2-8-9(3-20)26-15-14(25-8)16-18(29-11(5-22)10(4-21)27-16)19-17(15)28-12(6-23)13(7-24)30-19/h1,14-19H. The van der Waals surface area contributed by atoms with E-state index >= 15 is 0 Å². The van der Waals surface area contributed by atoms with Gasteiger partial charge in [0.2, 0.25) is 0 Å². The minimum atomic E-state index is -0.776. The molecule has 0 aromatic rings. The van der Waals surface area contributed by atoms with E-state index in [1.54, 1.807) is 0 Å². The molecule has 0 N–H and O–H groups in total. The van der Waals surface area contributed by atoms with E-state index in [2.05, 4.69) is 35.9 Å². The van der Waals surface area contributed by atoms with Gasteiger partial charge in [0, 0.05) is 0 Å². The monoisotopic (exact) mass is 389 g/mol. The summed E-state index contributed by atoms with van der Waals surface area (Å²) in [4.78, 5) is 26.3. The van der Waals surface area contributed by atoms with Gasteiger partial charge in [-0.2, -0.15) is 26.3 Å². The third-order valence-electron chi connectivity index (χ3n) is 5.11. The summed E-state index contributed by atoms with van der Waals surface area (Å²) >= 11 is 0. The first-order valence-corrected chi connectivity index (χ1v) is 8.55. The lowest BCUT2D eigenvalue weighted by molar-refractivity contribution is 0.243. The van der Waals surface area contributed by atoms with Crippen LogP contribution < -0.4 is 0 Å². The molecule has 0 aromatic heterocycles. The molecule has 30 heavy (non-hydrogen) atoms. The molecule has 138 valence electrons. The molecule has 6 unspecified atom stereocenters. The van der Waals surface area contributed by atoms with E-state index in [-0.39, 0.29) is 34.3 Å². The first kappa shape index (κ1) is 18.4. The highest BCUT2D eigenvalue weighted by molar-refractivity contribution is 6.55. The van der Waals surface area contributed by atoms with Gasteiger partial charge in [0.25, 0.3) is 0 Å². The van der Waals surface area contributed by atoms with Gasteiger partial charge in [0.1, 0.15) is 72.3 Å². The highest BCUT2D eigenvalue weighted by Gasteiger charge is 2.55. The number of rotatable bonds is 0. The van der Waals surface area contributed by atoms with Crippen molar-refractivity contribution in [3.8, 4) is 42.7 Å². The second kappa shape index (κ2) is 6.88. The van der Waals surface area contributed by atoms with Gasteiger partial charge < -0.3 is 0 Å². The number of fused-ring (bicyclic) bond motifs is 6. The topological polar surface area (TPSA) is 193 Å². The third kappa shape index (κ3) is 2.49. The summed E-state index contributed by atoms with van der Waals surface area (Å²) in [6.45, 7) is 0. The number of nitriles is 5. The number of hydrogen-bond acceptors (Lipinski definition) is 11. The van der Waals surface area contributed by atoms with Gasteiger partial charge in [0.15, 0.2) is 28.6 Å². The van der Waals surface area contributed by atoms with Crippen LogP contribution in [0.15, 0.2) is 30.0 Å². The second-order valence-corrected chi connectivity index (χ2v) is 6.51. The molecule has 4 rings (SSSR count). The van der Waals surface area contributed by atoms with E-state index in [0.29, 0.717) is 0 Å². The van der Waals surface area contributed by atoms with E-state index in [1.807, 2.05) is 30.3 Å². The molecule has 0 radical (unpaired) electrons. The Morgan fingerprint density at radius 1 is 0.433 bits per heavy atom. The fraction of sp³-hybridized carbons (Fsp3) is 0.316. The molecule has 3 heterocycles. The van der Waals surface area contributed by atoms with Gasteiger partial charge in [-0.05, 0) is 5.92 Å². The Labute approximate surface area is 170 Å². The fourth-order valence-electron chi connectivity index (χ4n) is 3.90. The molecule has 11 nitrogen and oxygen atoms in total. The van der Waals surface area contributed by atoms with Gasteiger partial charge in [0.05, 0.1) is 0 Å². The van der Waals surface area contributed by atoms with Crippen molar-refractivity contribution in [2.45, 2.75) is 36.3 Å². The van der Waals surface area contributed by atoms with Crippen LogP contribution in [0.3, 0.4) is 0 Å². The minimum absolute atomic E-state index is 0.0428. The Bertz CT molecular complexity index is 1020. The molecule has 4 aliphatic rings. The zero-order valence-electron chi connectivity index (χ0n) is 15.0. The van der Waals surface area contributed by atoms with Gasteiger partial charge in [-0.3, -0.25) is 30.0 Å². The van der Waals surface area contributed by atoms with Gasteiger partial charge in [-0.15, -0.1) is 6.42 Å². The van der Waals surface area contributed by atoms with Crippen LogP contribution in [0.25, 0.3) is 0 Å². The summed E-state index contributed by atoms with van der Waals surface area (Å²) in [6, 6.07) is 4.74. The quantitative estimate of drug-likeness (QED) is 0.486.